The van der Waals surface area contributed by atoms with Gasteiger partial charge < -0.3 is 0 Å². The SMILES string of the molecule is Cc1ccc(C2=CCC=C2c2ccc(S(C)(=O)=O)cc2)cc1F. The molecule has 0 amide bonds. The topological polar surface area (TPSA) is 34.1 Å². The number of allylic oxidation sites excluding steroid dienone is 4. The maximum Gasteiger partial charge on any atom is 0.175 e. The lowest BCUT2D eigenvalue weighted by Gasteiger charge is -2.11. The molecule has 2 aromatic carbocycles. The molecule has 0 radical (unpaired) electrons. The normalized spacial score (nSPS) is 14.6. The number of hydrogen-bond donors (Lipinski definition) is 0. The van der Waals surface area contributed by atoms with Crippen molar-refractivity contribution in [3.05, 3.63) is 77.1 Å². The van der Waals surface area contributed by atoms with E-state index in [-0.39, 0.29) is 5.82 Å². The van der Waals surface area contributed by atoms with Crippen molar-refractivity contribution < 1.29 is 12.8 Å². The zero-order chi connectivity index (χ0) is 16.6. The molecule has 2 aromatic rings. The van der Waals surface area contributed by atoms with E-state index in [1.165, 1.54) is 6.26 Å². The summed E-state index contributed by atoms with van der Waals surface area (Å²) in [5.41, 5.74) is 4.38. The van der Waals surface area contributed by atoms with E-state index in [4.69, 9.17) is 0 Å². The Morgan fingerprint density at radius 3 is 2.04 bits per heavy atom. The molecule has 0 fully saturated rings. The Morgan fingerprint density at radius 2 is 1.48 bits per heavy atom. The highest BCUT2D eigenvalue weighted by Gasteiger charge is 2.16. The molecule has 0 spiro atoms. The standard InChI is InChI=1S/C19H17FO2S/c1-13-6-7-15(12-19(13)20)18-5-3-4-17(18)14-8-10-16(11-9-14)23(2,21)22/h4-12H,3H2,1-2H3. The van der Waals surface area contributed by atoms with Gasteiger partial charge in [0.05, 0.1) is 4.90 Å². The third kappa shape index (κ3) is 3.13. The zero-order valence-corrected chi connectivity index (χ0v) is 13.8. The predicted molar refractivity (Wildman–Crippen MR) is 91.3 cm³/mol. The van der Waals surface area contributed by atoms with Crippen molar-refractivity contribution in [1.82, 2.24) is 0 Å². The predicted octanol–water partition coefficient (Wildman–Crippen LogP) is 4.41. The summed E-state index contributed by atoms with van der Waals surface area (Å²) in [6.07, 6.45) is 6.11. The minimum absolute atomic E-state index is 0.220. The molecule has 0 unspecified atom stereocenters. The van der Waals surface area contributed by atoms with Crippen LogP contribution in [-0.4, -0.2) is 14.7 Å². The zero-order valence-electron chi connectivity index (χ0n) is 13.0. The molecule has 4 heteroatoms. The third-order valence-electron chi connectivity index (χ3n) is 4.01. The molecule has 0 saturated carbocycles. The molecule has 3 rings (SSSR count). The van der Waals surface area contributed by atoms with Crippen molar-refractivity contribution in [2.75, 3.05) is 6.26 Å². The first-order valence-electron chi connectivity index (χ1n) is 7.34. The van der Waals surface area contributed by atoms with Crippen LogP contribution in [0.2, 0.25) is 0 Å². The quantitative estimate of drug-likeness (QED) is 0.836. The first-order valence-corrected chi connectivity index (χ1v) is 9.23. The van der Waals surface area contributed by atoms with Crippen molar-refractivity contribution in [1.29, 1.82) is 0 Å². The van der Waals surface area contributed by atoms with E-state index in [1.54, 1.807) is 43.3 Å². The van der Waals surface area contributed by atoms with Gasteiger partial charge in [0.1, 0.15) is 5.82 Å². The van der Waals surface area contributed by atoms with E-state index in [0.29, 0.717) is 10.5 Å². The first kappa shape index (κ1) is 15.7. The maximum absolute atomic E-state index is 13.8. The second-order valence-electron chi connectivity index (χ2n) is 5.73. The summed E-state index contributed by atoms with van der Waals surface area (Å²) in [5, 5.41) is 0. The summed E-state index contributed by atoms with van der Waals surface area (Å²) in [5.74, 6) is -0.220. The molecule has 0 saturated heterocycles. The van der Waals surface area contributed by atoms with Crippen molar-refractivity contribution in [2.45, 2.75) is 18.2 Å². The van der Waals surface area contributed by atoms with Crippen molar-refractivity contribution in [3.8, 4) is 0 Å². The van der Waals surface area contributed by atoms with Gasteiger partial charge in [-0.1, -0.05) is 36.4 Å². The molecule has 1 aliphatic rings. The van der Waals surface area contributed by atoms with Crippen LogP contribution in [0.1, 0.15) is 23.1 Å². The van der Waals surface area contributed by atoms with Crippen LogP contribution in [0.4, 0.5) is 4.39 Å². The molecule has 0 heterocycles. The van der Waals surface area contributed by atoms with Crippen LogP contribution in [0.3, 0.4) is 0 Å². The first-order chi connectivity index (χ1) is 10.9. The summed E-state index contributed by atoms with van der Waals surface area (Å²) < 4.78 is 36.9. The van der Waals surface area contributed by atoms with Crippen LogP contribution in [0.5, 0.6) is 0 Å². The van der Waals surface area contributed by atoms with E-state index < -0.39 is 9.84 Å². The van der Waals surface area contributed by atoms with Crippen LogP contribution in [0, 0.1) is 12.7 Å². The fraction of sp³-hybridized carbons (Fsp3) is 0.158. The minimum atomic E-state index is -3.20. The number of halogens is 1. The fourth-order valence-corrected chi connectivity index (χ4v) is 3.33. The fourth-order valence-electron chi connectivity index (χ4n) is 2.70. The van der Waals surface area contributed by atoms with Crippen LogP contribution < -0.4 is 0 Å². The summed E-state index contributed by atoms with van der Waals surface area (Å²) >= 11 is 0. The molecule has 0 N–H and O–H groups in total. The number of hydrogen-bond acceptors (Lipinski definition) is 2. The van der Waals surface area contributed by atoms with Crippen LogP contribution >= 0.6 is 0 Å². The van der Waals surface area contributed by atoms with Gasteiger partial charge in [-0.15, -0.1) is 0 Å². The van der Waals surface area contributed by atoms with Gasteiger partial charge in [0.2, 0.25) is 0 Å². The molecular formula is C19H17FO2S. The van der Waals surface area contributed by atoms with Gasteiger partial charge >= 0.3 is 0 Å². The summed E-state index contributed by atoms with van der Waals surface area (Å²) in [7, 11) is -3.20. The van der Waals surface area contributed by atoms with E-state index in [2.05, 4.69) is 12.2 Å². The molecule has 2 nitrogen and oxygen atoms in total. The second-order valence-corrected chi connectivity index (χ2v) is 7.75. The summed E-state index contributed by atoms with van der Waals surface area (Å²) in [4.78, 5) is 0.298. The smallest absolute Gasteiger partial charge is 0.175 e. The van der Waals surface area contributed by atoms with Crippen molar-refractivity contribution in [2.24, 2.45) is 0 Å². The minimum Gasteiger partial charge on any atom is -0.224 e. The Labute approximate surface area is 135 Å². The highest BCUT2D eigenvalue weighted by atomic mass is 32.2. The third-order valence-corrected chi connectivity index (χ3v) is 5.14. The van der Waals surface area contributed by atoms with Gasteiger partial charge in [0, 0.05) is 6.26 Å². The van der Waals surface area contributed by atoms with E-state index in [0.717, 1.165) is 28.7 Å². The lowest BCUT2D eigenvalue weighted by atomic mass is 9.94. The van der Waals surface area contributed by atoms with E-state index in [9.17, 15) is 12.8 Å². The molecule has 0 aliphatic heterocycles. The number of aryl methyl sites for hydroxylation is 1. The largest absolute Gasteiger partial charge is 0.224 e. The maximum atomic E-state index is 13.8. The van der Waals surface area contributed by atoms with Gasteiger partial charge in [-0.25, -0.2) is 12.8 Å². The lowest BCUT2D eigenvalue weighted by Crippen LogP contribution is -1.97. The van der Waals surface area contributed by atoms with Crippen LogP contribution in [0.25, 0.3) is 11.1 Å². The van der Waals surface area contributed by atoms with Crippen LogP contribution in [-0.2, 0) is 9.84 Å². The highest BCUT2D eigenvalue weighted by molar-refractivity contribution is 7.90. The Kier molecular flexibility index (Phi) is 3.94. The molecule has 0 aromatic heterocycles. The Hall–Kier alpha value is -2.20. The number of rotatable bonds is 3. The molecular weight excluding hydrogens is 311 g/mol. The van der Waals surface area contributed by atoms with Crippen molar-refractivity contribution >= 4 is 21.0 Å². The van der Waals surface area contributed by atoms with Crippen molar-refractivity contribution in [3.63, 3.8) is 0 Å². The molecule has 23 heavy (non-hydrogen) atoms. The van der Waals surface area contributed by atoms with E-state index >= 15 is 0 Å². The van der Waals surface area contributed by atoms with E-state index in [1.807, 2.05) is 6.07 Å². The average molecular weight is 328 g/mol. The monoisotopic (exact) mass is 328 g/mol. The number of benzene rings is 2. The Morgan fingerprint density at radius 1 is 0.913 bits per heavy atom. The molecule has 118 valence electrons. The number of sulfone groups is 1. The summed E-state index contributed by atoms with van der Waals surface area (Å²) in [6, 6.07) is 12.0. The summed E-state index contributed by atoms with van der Waals surface area (Å²) in [6.45, 7) is 1.74. The second kappa shape index (κ2) is 5.78. The van der Waals surface area contributed by atoms with Gasteiger partial charge in [-0.05, 0) is 59.4 Å². The van der Waals surface area contributed by atoms with Gasteiger partial charge in [-0.3, -0.25) is 0 Å². The lowest BCUT2D eigenvalue weighted by molar-refractivity contribution is 0.602. The molecule has 1 aliphatic carbocycles. The van der Waals surface area contributed by atoms with Gasteiger partial charge in [0.25, 0.3) is 0 Å². The van der Waals surface area contributed by atoms with Gasteiger partial charge in [0.15, 0.2) is 9.84 Å². The molecule has 0 bridgehead atoms. The van der Waals surface area contributed by atoms with Gasteiger partial charge in [-0.2, -0.15) is 0 Å². The Balaban J connectivity index is 1.97. The Bertz CT molecular complexity index is 920. The average Bonchev–Trinajstić information content (AvgIpc) is 2.99. The van der Waals surface area contributed by atoms with Crippen LogP contribution in [0.15, 0.2) is 59.5 Å². The molecule has 0 atom stereocenters. The highest BCUT2D eigenvalue weighted by Crippen LogP contribution is 2.36.